The number of alkyl halides is 3. The highest BCUT2D eigenvalue weighted by molar-refractivity contribution is 7.18. The van der Waals surface area contributed by atoms with Gasteiger partial charge in [-0.15, -0.1) is 11.3 Å². The highest BCUT2D eigenvalue weighted by atomic mass is 32.1. The van der Waals surface area contributed by atoms with Crippen molar-refractivity contribution in [2.45, 2.75) is 44.0 Å². The van der Waals surface area contributed by atoms with Crippen molar-refractivity contribution in [1.82, 2.24) is 9.80 Å². The van der Waals surface area contributed by atoms with Gasteiger partial charge < -0.3 is 20.0 Å². The van der Waals surface area contributed by atoms with Crippen LogP contribution in [0.25, 0.3) is 0 Å². The summed E-state index contributed by atoms with van der Waals surface area (Å²) in [6.45, 7) is 1.85. The van der Waals surface area contributed by atoms with Crippen LogP contribution < -0.4 is 4.90 Å². The van der Waals surface area contributed by atoms with Crippen LogP contribution in [-0.2, 0) is 13.0 Å². The second-order valence-electron chi connectivity index (χ2n) is 9.17. The minimum Gasteiger partial charge on any atom is -0.393 e. The van der Waals surface area contributed by atoms with Gasteiger partial charge in [-0.3, -0.25) is 9.69 Å². The van der Waals surface area contributed by atoms with Crippen LogP contribution >= 0.6 is 11.3 Å². The molecule has 0 radical (unpaired) electrons. The lowest BCUT2D eigenvalue weighted by molar-refractivity contribution is -0.132. The van der Waals surface area contributed by atoms with Gasteiger partial charge in [0.15, 0.2) is 0 Å². The molecule has 0 spiro atoms. The number of aliphatic hydroxyl groups is 2. The molecule has 34 heavy (non-hydrogen) atoms. The summed E-state index contributed by atoms with van der Waals surface area (Å²) in [7, 11) is 0. The molecule has 1 aromatic heterocycles. The number of fused-ring (bicyclic) bond motifs is 1. The molecule has 2 aliphatic rings. The summed E-state index contributed by atoms with van der Waals surface area (Å²) >= 11 is 1.25. The minimum absolute atomic E-state index is 0.153. The second-order valence-corrected chi connectivity index (χ2v) is 10.2. The molecule has 0 saturated carbocycles. The van der Waals surface area contributed by atoms with Crippen LogP contribution in [-0.4, -0.2) is 77.2 Å². The molecule has 2 aromatic rings. The van der Waals surface area contributed by atoms with Gasteiger partial charge in [-0.2, -0.15) is 13.2 Å². The Morgan fingerprint density at radius 3 is 2.47 bits per heavy atom. The number of hydrogen-bond donors (Lipinski definition) is 2. The Morgan fingerprint density at radius 2 is 1.82 bits per heavy atom. The molecule has 3 heterocycles. The summed E-state index contributed by atoms with van der Waals surface area (Å²) < 4.78 is 39.0. The molecular weight excluding hydrogens is 467 g/mol. The molecule has 6 nitrogen and oxygen atoms in total. The fraction of sp³-hybridized carbons (Fsp3) is 0.542. The predicted octanol–water partition coefficient (Wildman–Crippen LogP) is 3.48. The normalized spacial score (nSPS) is 18.7. The smallest absolute Gasteiger partial charge is 0.390 e. The average Bonchev–Trinajstić information content (AvgIpc) is 3.26. The van der Waals surface area contributed by atoms with E-state index in [1.807, 2.05) is 36.4 Å². The number of rotatable bonds is 7. The van der Waals surface area contributed by atoms with Crippen LogP contribution in [0.15, 0.2) is 36.4 Å². The molecular formula is C24H30F3N3O3S. The van der Waals surface area contributed by atoms with Crippen molar-refractivity contribution in [3.8, 4) is 0 Å². The van der Waals surface area contributed by atoms with E-state index < -0.39 is 18.2 Å². The number of benzene rings is 1. The first-order valence-corrected chi connectivity index (χ1v) is 12.3. The SMILES string of the molecule is O=C(c1cc2c(s1)N(CCC(F)(F)F)CN(CCc1ccccc1)C2)N1CCC(O)(CO)CC1. The highest BCUT2D eigenvalue weighted by Crippen LogP contribution is 2.38. The van der Waals surface area contributed by atoms with E-state index in [1.54, 1.807) is 9.80 Å². The monoisotopic (exact) mass is 497 g/mol. The summed E-state index contributed by atoms with van der Waals surface area (Å²) in [6.07, 6.45) is -3.77. The Kier molecular flexibility index (Phi) is 7.51. The van der Waals surface area contributed by atoms with Gasteiger partial charge in [0.25, 0.3) is 5.91 Å². The third-order valence-electron chi connectivity index (χ3n) is 6.55. The molecule has 0 atom stereocenters. The van der Waals surface area contributed by atoms with Crippen LogP contribution in [0.2, 0.25) is 0 Å². The maximum atomic E-state index is 13.1. The zero-order valence-corrected chi connectivity index (χ0v) is 19.7. The number of anilines is 1. The first-order chi connectivity index (χ1) is 16.2. The Balaban J connectivity index is 1.48. The van der Waals surface area contributed by atoms with E-state index in [1.165, 1.54) is 16.9 Å². The number of piperidine rings is 1. The van der Waals surface area contributed by atoms with E-state index in [9.17, 15) is 28.2 Å². The molecule has 0 unspecified atom stereocenters. The van der Waals surface area contributed by atoms with Gasteiger partial charge in [0, 0.05) is 38.3 Å². The van der Waals surface area contributed by atoms with Crippen LogP contribution in [0.4, 0.5) is 18.2 Å². The number of likely N-dealkylation sites (tertiary alicyclic amines) is 1. The first-order valence-electron chi connectivity index (χ1n) is 11.5. The van der Waals surface area contributed by atoms with Crippen molar-refractivity contribution < 1.29 is 28.2 Å². The molecule has 1 fully saturated rings. The quantitative estimate of drug-likeness (QED) is 0.613. The zero-order valence-electron chi connectivity index (χ0n) is 18.9. The van der Waals surface area contributed by atoms with Crippen molar-refractivity contribution in [2.24, 2.45) is 0 Å². The summed E-state index contributed by atoms with van der Waals surface area (Å²) in [6, 6.07) is 11.8. The van der Waals surface area contributed by atoms with Crippen molar-refractivity contribution in [3.05, 3.63) is 52.4 Å². The Bertz CT molecular complexity index is 975. The zero-order chi connectivity index (χ0) is 24.3. The number of halogens is 3. The van der Waals surface area contributed by atoms with Crippen molar-refractivity contribution in [2.75, 3.05) is 44.4 Å². The highest BCUT2D eigenvalue weighted by Gasteiger charge is 2.35. The molecule has 10 heteroatoms. The fourth-order valence-electron chi connectivity index (χ4n) is 4.46. The Hall–Kier alpha value is -2.14. The average molecular weight is 498 g/mol. The molecule has 1 amide bonds. The number of amides is 1. The Labute approximate surface area is 201 Å². The minimum atomic E-state index is -4.25. The van der Waals surface area contributed by atoms with Gasteiger partial charge in [-0.25, -0.2) is 0 Å². The van der Waals surface area contributed by atoms with E-state index in [2.05, 4.69) is 4.90 Å². The lowest BCUT2D eigenvalue weighted by Gasteiger charge is -2.37. The van der Waals surface area contributed by atoms with Gasteiger partial charge in [0.2, 0.25) is 0 Å². The van der Waals surface area contributed by atoms with Crippen molar-refractivity contribution in [3.63, 3.8) is 0 Å². The largest absolute Gasteiger partial charge is 0.393 e. The first kappa shape index (κ1) is 25.0. The Morgan fingerprint density at radius 1 is 1.12 bits per heavy atom. The summed E-state index contributed by atoms with van der Waals surface area (Å²) in [5.74, 6) is -0.175. The van der Waals surface area contributed by atoms with Gasteiger partial charge in [-0.05, 0) is 30.9 Å². The summed E-state index contributed by atoms with van der Waals surface area (Å²) in [4.78, 5) is 19.1. The van der Waals surface area contributed by atoms with Crippen molar-refractivity contribution in [1.29, 1.82) is 0 Å². The van der Waals surface area contributed by atoms with Crippen LogP contribution in [0.5, 0.6) is 0 Å². The van der Waals surface area contributed by atoms with Gasteiger partial charge in [0.1, 0.15) is 0 Å². The lowest BCUT2D eigenvalue weighted by Crippen LogP contribution is -2.48. The molecule has 0 bridgehead atoms. The summed E-state index contributed by atoms with van der Waals surface area (Å²) in [5.41, 5.74) is 0.891. The molecule has 4 rings (SSSR count). The van der Waals surface area contributed by atoms with Gasteiger partial charge >= 0.3 is 6.18 Å². The van der Waals surface area contributed by atoms with Gasteiger partial charge in [0.05, 0.1) is 35.2 Å². The number of nitrogens with zero attached hydrogens (tertiary/aromatic N) is 3. The third-order valence-corrected chi connectivity index (χ3v) is 7.78. The number of carbonyl (C=O) groups is 1. The molecule has 1 aromatic carbocycles. The molecule has 186 valence electrons. The van der Waals surface area contributed by atoms with Crippen molar-refractivity contribution >= 4 is 22.2 Å². The van der Waals surface area contributed by atoms with Gasteiger partial charge in [-0.1, -0.05) is 30.3 Å². The van der Waals surface area contributed by atoms with Crippen LogP contribution in [0, 0.1) is 0 Å². The van der Waals surface area contributed by atoms with E-state index in [-0.39, 0.29) is 19.1 Å². The van der Waals surface area contributed by atoms with Crippen LogP contribution in [0.3, 0.4) is 0 Å². The van der Waals surface area contributed by atoms with Crippen LogP contribution in [0.1, 0.15) is 40.1 Å². The maximum Gasteiger partial charge on any atom is 0.390 e. The molecule has 2 N–H and O–H groups in total. The maximum absolute atomic E-state index is 13.1. The molecule has 2 aliphatic heterocycles. The molecule has 1 saturated heterocycles. The summed E-state index contributed by atoms with van der Waals surface area (Å²) in [5, 5.41) is 20.3. The third kappa shape index (κ3) is 6.10. The number of thiophene rings is 1. The fourth-order valence-corrected chi connectivity index (χ4v) is 5.62. The number of hydrogen-bond acceptors (Lipinski definition) is 6. The predicted molar refractivity (Wildman–Crippen MR) is 125 cm³/mol. The second kappa shape index (κ2) is 10.2. The standard InChI is InChI=1S/C24H30F3N3O3S/c25-24(26,27)9-13-30-17-28(10-6-18-4-2-1-3-5-18)15-19-14-20(34-22(19)30)21(32)29-11-7-23(33,16-31)8-12-29/h1-5,14,31,33H,6-13,15-17H2. The topological polar surface area (TPSA) is 67.3 Å². The number of aliphatic hydroxyl groups excluding tert-OH is 1. The van der Waals surface area contributed by atoms with E-state index >= 15 is 0 Å². The van der Waals surface area contributed by atoms with E-state index in [0.29, 0.717) is 50.6 Å². The number of carbonyl (C=O) groups excluding carboxylic acids is 1. The van der Waals surface area contributed by atoms with E-state index in [0.717, 1.165) is 17.0 Å². The lowest BCUT2D eigenvalue weighted by atomic mass is 9.92. The molecule has 0 aliphatic carbocycles. The van der Waals surface area contributed by atoms with E-state index in [4.69, 9.17) is 0 Å².